The van der Waals surface area contributed by atoms with E-state index in [1.54, 1.807) is 0 Å². The molecule has 6 heteroatoms. The molecule has 23 heavy (non-hydrogen) atoms. The smallest absolute Gasteiger partial charge is 0.224 e. The number of carbonyl (C=O) groups is 1. The highest BCUT2D eigenvalue weighted by Crippen LogP contribution is 2.27. The summed E-state index contributed by atoms with van der Waals surface area (Å²) >= 11 is 7.00. The summed E-state index contributed by atoms with van der Waals surface area (Å²) in [6.07, 6.45) is 5.29. The van der Waals surface area contributed by atoms with Crippen LogP contribution in [0, 0.1) is 0 Å². The fraction of sp³-hybridized carbons (Fsp3) is 0.176. The standard InChI is InChI=1S/C17H15Br2N3O/c1-2-4-16(23)20-13-6-3-5-11(7-13)15-10-22-9-12(18)8-14(19)17(22)21-15/h3,5-10H,2,4H2,1H3,(H,20,23). The Morgan fingerprint density at radius 2 is 2.09 bits per heavy atom. The molecule has 0 aliphatic rings. The number of anilines is 1. The molecule has 0 fully saturated rings. The zero-order chi connectivity index (χ0) is 16.4. The Bertz CT molecular complexity index is 873. The minimum atomic E-state index is 0.0336. The van der Waals surface area contributed by atoms with Gasteiger partial charge in [-0.15, -0.1) is 0 Å². The Morgan fingerprint density at radius 3 is 2.87 bits per heavy atom. The Kier molecular flexibility index (Phi) is 4.82. The Morgan fingerprint density at radius 1 is 1.26 bits per heavy atom. The molecule has 118 valence electrons. The minimum absolute atomic E-state index is 0.0336. The number of benzene rings is 1. The second kappa shape index (κ2) is 6.84. The first kappa shape index (κ1) is 16.2. The summed E-state index contributed by atoms with van der Waals surface area (Å²) < 4.78 is 3.86. The fourth-order valence-corrected chi connectivity index (χ4v) is 3.67. The Labute approximate surface area is 151 Å². The lowest BCUT2D eigenvalue weighted by molar-refractivity contribution is -0.116. The van der Waals surface area contributed by atoms with Crippen molar-refractivity contribution in [1.29, 1.82) is 0 Å². The zero-order valence-corrected chi connectivity index (χ0v) is 15.7. The molecule has 2 aromatic heterocycles. The molecule has 0 bridgehead atoms. The van der Waals surface area contributed by atoms with Crippen LogP contribution in [-0.4, -0.2) is 15.3 Å². The summed E-state index contributed by atoms with van der Waals surface area (Å²) in [4.78, 5) is 16.4. The number of imidazole rings is 1. The highest BCUT2D eigenvalue weighted by atomic mass is 79.9. The average molecular weight is 437 g/mol. The monoisotopic (exact) mass is 435 g/mol. The number of nitrogens with one attached hydrogen (secondary N) is 1. The van der Waals surface area contributed by atoms with Crippen LogP contribution < -0.4 is 5.32 Å². The molecule has 1 N–H and O–H groups in total. The van der Waals surface area contributed by atoms with Gasteiger partial charge in [0, 0.05) is 34.5 Å². The maximum atomic E-state index is 11.7. The van der Waals surface area contributed by atoms with Gasteiger partial charge in [-0.2, -0.15) is 0 Å². The summed E-state index contributed by atoms with van der Waals surface area (Å²) in [5.41, 5.74) is 3.46. The number of pyridine rings is 1. The van der Waals surface area contributed by atoms with Crippen molar-refractivity contribution in [2.75, 3.05) is 5.32 Å². The van der Waals surface area contributed by atoms with Crippen LogP contribution in [0.5, 0.6) is 0 Å². The molecule has 4 nitrogen and oxygen atoms in total. The predicted octanol–water partition coefficient (Wildman–Crippen LogP) is 5.26. The lowest BCUT2D eigenvalue weighted by Crippen LogP contribution is -2.10. The molecule has 1 aromatic carbocycles. The summed E-state index contributed by atoms with van der Waals surface area (Å²) in [6.45, 7) is 1.99. The van der Waals surface area contributed by atoms with Gasteiger partial charge < -0.3 is 9.72 Å². The largest absolute Gasteiger partial charge is 0.326 e. The molecule has 3 aromatic rings. The molecule has 0 spiro atoms. The number of hydrogen-bond acceptors (Lipinski definition) is 2. The highest BCUT2D eigenvalue weighted by molar-refractivity contribution is 9.11. The molecule has 1 amide bonds. The number of amides is 1. The molecule has 0 saturated carbocycles. The normalized spacial score (nSPS) is 10.9. The van der Waals surface area contributed by atoms with Crippen molar-refractivity contribution in [3.05, 3.63) is 51.7 Å². The van der Waals surface area contributed by atoms with Gasteiger partial charge in [0.2, 0.25) is 5.91 Å². The molecule has 0 atom stereocenters. The van der Waals surface area contributed by atoms with E-state index in [1.165, 1.54) is 0 Å². The van der Waals surface area contributed by atoms with E-state index in [4.69, 9.17) is 0 Å². The van der Waals surface area contributed by atoms with E-state index in [0.717, 1.165) is 38.0 Å². The van der Waals surface area contributed by atoms with Crippen LogP contribution in [0.1, 0.15) is 19.8 Å². The van der Waals surface area contributed by atoms with E-state index < -0.39 is 0 Å². The third-order valence-corrected chi connectivity index (χ3v) is 4.41. The first-order chi connectivity index (χ1) is 11.1. The van der Waals surface area contributed by atoms with Gasteiger partial charge in [-0.05, 0) is 56.5 Å². The molecular weight excluding hydrogens is 422 g/mol. The van der Waals surface area contributed by atoms with Gasteiger partial charge in [0.05, 0.1) is 10.2 Å². The maximum Gasteiger partial charge on any atom is 0.224 e. The van der Waals surface area contributed by atoms with Crippen molar-refractivity contribution >= 4 is 49.1 Å². The molecule has 0 radical (unpaired) electrons. The van der Waals surface area contributed by atoms with E-state index in [0.29, 0.717) is 6.42 Å². The van der Waals surface area contributed by atoms with Crippen LogP contribution in [0.25, 0.3) is 16.9 Å². The lowest BCUT2D eigenvalue weighted by atomic mass is 10.1. The summed E-state index contributed by atoms with van der Waals surface area (Å²) in [7, 11) is 0. The van der Waals surface area contributed by atoms with Crippen molar-refractivity contribution in [2.24, 2.45) is 0 Å². The Hall–Kier alpha value is -1.66. The SMILES string of the molecule is CCCC(=O)Nc1cccc(-c2cn3cc(Br)cc(Br)c3n2)c1. The van der Waals surface area contributed by atoms with Gasteiger partial charge >= 0.3 is 0 Å². The van der Waals surface area contributed by atoms with Crippen molar-refractivity contribution in [1.82, 2.24) is 9.38 Å². The molecule has 0 saturated heterocycles. The van der Waals surface area contributed by atoms with Crippen LogP contribution in [-0.2, 0) is 4.79 Å². The van der Waals surface area contributed by atoms with Gasteiger partial charge in [-0.3, -0.25) is 4.79 Å². The van der Waals surface area contributed by atoms with Crippen LogP contribution in [0.4, 0.5) is 5.69 Å². The zero-order valence-electron chi connectivity index (χ0n) is 12.5. The molecular formula is C17H15Br2N3O. The van der Waals surface area contributed by atoms with Crippen LogP contribution in [0.3, 0.4) is 0 Å². The molecule has 2 heterocycles. The molecule has 0 aliphatic heterocycles. The summed E-state index contributed by atoms with van der Waals surface area (Å²) in [5.74, 6) is 0.0336. The number of nitrogens with zero attached hydrogens (tertiary/aromatic N) is 2. The van der Waals surface area contributed by atoms with Gasteiger partial charge in [0.25, 0.3) is 0 Å². The van der Waals surface area contributed by atoms with Crippen LogP contribution >= 0.6 is 31.9 Å². The van der Waals surface area contributed by atoms with E-state index >= 15 is 0 Å². The molecule has 3 rings (SSSR count). The predicted molar refractivity (Wildman–Crippen MR) is 99.6 cm³/mol. The second-order valence-electron chi connectivity index (χ2n) is 5.24. The second-order valence-corrected chi connectivity index (χ2v) is 7.01. The van der Waals surface area contributed by atoms with Crippen molar-refractivity contribution < 1.29 is 4.79 Å². The molecule has 0 aliphatic carbocycles. The number of halogens is 2. The van der Waals surface area contributed by atoms with E-state index in [2.05, 4.69) is 42.2 Å². The third kappa shape index (κ3) is 3.64. The number of hydrogen-bond donors (Lipinski definition) is 1. The minimum Gasteiger partial charge on any atom is -0.326 e. The van der Waals surface area contributed by atoms with Crippen LogP contribution in [0.2, 0.25) is 0 Å². The Balaban J connectivity index is 1.95. The van der Waals surface area contributed by atoms with E-state index in [-0.39, 0.29) is 5.91 Å². The lowest BCUT2D eigenvalue weighted by Gasteiger charge is -2.05. The quantitative estimate of drug-likeness (QED) is 0.605. The van der Waals surface area contributed by atoms with E-state index in [9.17, 15) is 4.79 Å². The number of aromatic nitrogens is 2. The summed E-state index contributed by atoms with van der Waals surface area (Å²) in [6, 6.07) is 9.71. The first-order valence-electron chi connectivity index (χ1n) is 7.31. The number of carbonyl (C=O) groups excluding carboxylic acids is 1. The highest BCUT2D eigenvalue weighted by Gasteiger charge is 2.09. The van der Waals surface area contributed by atoms with Crippen molar-refractivity contribution in [2.45, 2.75) is 19.8 Å². The topological polar surface area (TPSA) is 46.4 Å². The first-order valence-corrected chi connectivity index (χ1v) is 8.89. The third-order valence-electron chi connectivity index (χ3n) is 3.39. The van der Waals surface area contributed by atoms with Gasteiger partial charge in [-0.25, -0.2) is 4.98 Å². The fourth-order valence-electron chi connectivity index (χ4n) is 2.37. The number of fused-ring (bicyclic) bond motifs is 1. The van der Waals surface area contributed by atoms with Crippen molar-refractivity contribution in [3.8, 4) is 11.3 Å². The van der Waals surface area contributed by atoms with Gasteiger partial charge in [0.15, 0.2) is 5.65 Å². The van der Waals surface area contributed by atoms with Gasteiger partial charge in [0.1, 0.15) is 0 Å². The number of rotatable bonds is 4. The van der Waals surface area contributed by atoms with Gasteiger partial charge in [-0.1, -0.05) is 19.1 Å². The van der Waals surface area contributed by atoms with Crippen LogP contribution in [0.15, 0.2) is 51.7 Å². The average Bonchev–Trinajstić information content (AvgIpc) is 2.92. The van der Waals surface area contributed by atoms with Crippen molar-refractivity contribution in [3.63, 3.8) is 0 Å². The molecule has 0 unspecified atom stereocenters. The van der Waals surface area contributed by atoms with E-state index in [1.807, 2.05) is 54.0 Å². The summed E-state index contributed by atoms with van der Waals surface area (Å²) in [5, 5.41) is 2.92. The maximum absolute atomic E-state index is 11.7.